The summed E-state index contributed by atoms with van der Waals surface area (Å²) in [6.07, 6.45) is 0. The topological polar surface area (TPSA) is 58.2 Å². The molecular formula is C18H18Cl2N2O2S. The van der Waals surface area contributed by atoms with Gasteiger partial charge in [0.2, 0.25) is 11.8 Å². The van der Waals surface area contributed by atoms with E-state index in [1.165, 1.54) is 18.7 Å². The van der Waals surface area contributed by atoms with Gasteiger partial charge in [0.25, 0.3) is 0 Å². The molecule has 2 N–H and O–H groups in total. The third-order valence-electron chi connectivity index (χ3n) is 3.38. The van der Waals surface area contributed by atoms with E-state index in [1.54, 1.807) is 37.3 Å². The summed E-state index contributed by atoms with van der Waals surface area (Å²) < 4.78 is 0. The van der Waals surface area contributed by atoms with E-state index in [2.05, 4.69) is 10.6 Å². The SMILES string of the molecule is CC(=O)Nc1ccc(C)c(NC(=O)C(C)Sc2cc(Cl)ccc2Cl)c1. The van der Waals surface area contributed by atoms with Crippen LogP contribution in [-0.2, 0) is 9.59 Å². The molecule has 4 nitrogen and oxygen atoms in total. The molecule has 0 spiro atoms. The molecule has 2 aromatic rings. The fourth-order valence-corrected chi connectivity index (χ4v) is 3.49. The quantitative estimate of drug-likeness (QED) is 0.666. The van der Waals surface area contributed by atoms with E-state index in [1.807, 2.05) is 13.0 Å². The van der Waals surface area contributed by atoms with E-state index in [4.69, 9.17) is 23.2 Å². The number of aryl methyl sites for hydroxylation is 1. The van der Waals surface area contributed by atoms with E-state index < -0.39 is 0 Å². The standard InChI is InChI=1S/C18H18Cl2N2O2S/c1-10-4-6-14(21-12(3)23)9-16(10)22-18(24)11(2)25-17-8-13(19)5-7-15(17)20/h4-9,11H,1-3H3,(H,21,23)(H,22,24). The summed E-state index contributed by atoms with van der Waals surface area (Å²) >= 11 is 13.5. The molecule has 7 heteroatoms. The van der Waals surface area contributed by atoms with Crippen molar-refractivity contribution in [3.05, 3.63) is 52.0 Å². The summed E-state index contributed by atoms with van der Waals surface area (Å²) in [6.45, 7) is 5.12. The van der Waals surface area contributed by atoms with E-state index in [9.17, 15) is 9.59 Å². The zero-order chi connectivity index (χ0) is 18.6. The van der Waals surface area contributed by atoms with Crippen molar-refractivity contribution in [3.63, 3.8) is 0 Å². The summed E-state index contributed by atoms with van der Waals surface area (Å²) in [5.74, 6) is -0.329. The van der Waals surface area contributed by atoms with Crippen LogP contribution < -0.4 is 10.6 Å². The number of carbonyl (C=O) groups is 2. The summed E-state index contributed by atoms with van der Waals surface area (Å²) in [7, 11) is 0. The molecule has 2 aromatic carbocycles. The van der Waals surface area contributed by atoms with Crippen LogP contribution in [0.15, 0.2) is 41.3 Å². The van der Waals surface area contributed by atoms with Gasteiger partial charge in [-0.3, -0.25) is 9.59 Å². The van der Waals surface area contributed by atoms with Crippen molar-refractivity contribution >= 4 is 58.2 Å². The molecule has 0 aliphatic carbocycles. The first kappa shape index (κ1) is 19.6. The zero-order valence-electron chi connectivity index (χ0n) is 14.0. The van der Waals surface area contributed by atoms with Crippen molar-refractivity contribution in [1.29, 1.82) is 0 Å². The minimum absolute atomic E-state index is 0.163. The van der Waals surface area contributed by atoms with Gasteiger partial charge < -0.3 is 10.6 Å². The van der Waals surface area contributed by atoms with Gasteiger partial charge in [-0.1, -0.05) is 29.3 Å². The lowest BCUT2D eigenvalue weighted by Gasteiger charge is -2.15. The second-order valence-electron chi connectivity index (χ2n) is 5.53. The second kappa shape index (κ2) is 8.61. The van der Waals surface area contributed by atoms with Crippen LogP contribution in [0.1, 0.15) is 19.4 Å². The highest BCUT2D eigenvalue weighted by molar-refractivity contribution is 8.00. The minimum Gasteiger partial charge on any atom is -0.326 e. The van der Waals surface area contributed by atoms with Crippen LogP contribution in [0.5, 0.6) is 0 Å². The molecule has 0 saturated heterocycles. The maximum absolute atomic E-state index is 12.5. The number of rotatable bonds is 5. The van der Waals surface area contributed by atoms with Gasteiger partial charge in [0.15, 0.2) is 0 Å². The lowest BCUT2D eigenvalue weighted by Crippen LogP contribution is -2.23. The molecule has 2 amide bonds. The summed E-state index contributed by atoms with van der Waals surface area (Å²) in [6, 6.07) is 10.5. The Bertz CT molecular complexity index is 812. The van der Waals surface area contributed by atoms with E-state index in [0.717, 1.165) is 10.5 Å². The fraction of sp³-hybridized carbons (Fsp3) is 0.222. The number of hydrogen-bond donors (Lipinski definition) is 2. The Hall–Kier alpha value is -1.69. The maximum Gasteiger partial charge on any atom is 0.237 e. The third-order valence-corrected chi connectivity index (χ3v) is 5.22. The van der Waals surface area contributed by atoms with Gasteiger partial charge >= 0.3 is 0 Å². The van der Waals surface area contributed by atoms with E-state index >= 15 is 0 Å². The molecule has 1 unspecified atom stereocenters. The number of hydrogen-bond acceptors (Lipinski definition) is 3. The van der Waals surface area contributed by atoms with Crippen molar-refractivity contribution in [1.82, 2.24) is 0 Å². The van der Waals surface area contributed by atoms with Crippen molar-refractivity contribution in [2.24, 2.45) is 0 Å². The van der Waals surface area contributed by atoms with Crippen LogP contribution in [-0.4, -0.2) is 17.1 Å². The number of benzene rings is 2. The van der Waals surface area contributed by atoms with Crippen LogP contribution in [0.4, 0.5) is 11.4 Å². The van der Waals surface area contributed by atoms with E-state index in [0.29, 0.717) is 21.4 Å². The molecule has 1 atom stereocenters. The molecule has 0 radical (unpaired) electrons. The molecule has 0 saturated carbocycles. The average Bonchev–Trinajstić information content (AvgIpc) is 2.53. The van der Waals surface area contributed by atoms with Crippen LogP contribution in [0, 0.1) is 6.92 Å². The Morgan fingerprint density at radius 2 is 1.80 bits per heavy atom. The Labute approximate surface area is 161 Å². The van der Waals surface area contributed by atoms with Crippen molar-refractivity contribution in [2.75, 3.05) is 10.6 Å². The molecular weight excluding hydrogens is 379 g/mol. The first-order valence-electron chi connectivity index (χ1n) is 7.57. The van der Waals surface area contributed by atoms with Gasteiger partial charge in [-0.15, -0.1) is 11.8 Å². The highest BCUT2D eigenvalue weighted by Crippen LogP contribution is 2.33. The fourth-order valence-electron chi connectivity index (χ4n) is 2.08. The Kier molecular flexibility index (Phi) is 6.76. The molecule has 0 aromatic heterocycles. The van der Waals surface area contributed by atoms with Crippen LogP contribution in [0.25, 0.3) is 0 Å². The number of halogens is 2. The summed E-state index contributed by atoms with van der Waals surface area (Å²) in [4.78, 5) is 24.4. The van der Waals surface area contributed by atoms with Crippen molar-refractivity contribution in [3.8, 4) is 0 Å². The minimum atomic E-state index is -0.375. The Balaban J connectivity index is 2.10. The number of nitrogens with one attached hydrogen (secondary N) is 2. The van der Waals surface area contributed by atoms with Crippen LogP contribution >= 0.6 is 35.0 Å². The molecule has 0 bridgehead atoms. The van der Waals surface area contributed by atoms with Gasteiger partial charge in [0.1, 0.15) is 0 Å². The van der Waals surface area contributed by atoms with Gasteiger partial charge in [-0.2, -0.15) is 0 Å². The van der Waals surface area contributed by atoms with Gasteiger partial charge in [-0.25, -0.2) is 0 Å². The Morgan fingerprint density at radius 3 is 2.48 bits per heavy atom. The molecule has 0 fully saturated rings. The van der Waals surface area contributed by atoms with E-state index in [-0.39, 0.29) is 17.1 Å². The van der Waals surface area contributed by atoms with Crippen LogP contribution in [0.2, 0.25) is 10.0 Å². The highest BCUT2D eigenvalue weighted by Gasteiger charge is 2.17. The first-order valence-corrected chi connectivity index (χ1v) is 9.20. The third kappa shape index (κ3) is 5.66. The number of carbonyl (C=O) groups excluding carboxylic acids is 2. The highest BCUT2D eigenvalue weighted by atomic mass is 35.5. The average molecular weight is 397 g/mol. The predicted octanol–water partition coefficient (Wildman–Crippen LogP) is 5.38. The summed E-state index contributed by atoms with van der Waals surface area (Å²) in [5, 5.41) is 6.34. The van der Waals surface area contributed by atoms with Gasteiger partial charge in [0.05, 0.1) is 10.3 Å². The summed E-state index contributed by atoms with van der Waals surface area (Å²) in [5.41, 5.74) is 2.19. The monoisotopic (exact) mass is 396 g/mol. The molecule has 132 valence electrons. The maximum atomic E-state index is 12.5. The number of amides is 2. The van der Waals surface area contributed by atoms with Crippen molar-refractivity contribution in [2.45, 2.75) is 30.9 Å². The molecule has 25 heavy (non-hydrogen) atoms. The molecule has 0 aliphatic rings. The smallest absolute Gasteiger partial charge is 0.237 e. The number of thioether (sulfide) groups is 1. The lowest BCUT2D eigenvalue weighted by molar-refractivity contribution is -0.115. The largest absolute Gasteiger partial charge is 0.326 e. The zero-order valence-corrected chi connectivity index (χ0v) is 16.4. The molecule has 0 heterocycles. The predicted molar refractivity (Wildman–Crippen MR) is 106 cm³/mol. The molecule has 0 aliphatic heterocycles. The van der Waals surface area contributed by atoms with Gasteiger partial charge in [0, 0.05) is 28.2 Å². The Morgan fingerprint density at radius 1 is 1.08 bits per heavy atom. The number of anilines is 2. The molecule has 2 rings (SSSR count). The van der Waals surface area contributed by atoms with Gasteiger partial charge in [-0.05, 0) is 49.7 Å². The second-order valence-corrected chi connectivity index (χ2v) is 7.76. The first-order chi connectivity index (χ1) is 11.8. The van der Waals surface area contributed by atoms with Crippen molar-refractivity contribution < 1.29 is 9.59 Å². The lowest BCUT2D eigenvalue weighted by atomic mass is 10.1. The van der Waals surface area contributed by atoms with Crippen LogP contribution in [0.3, 0.4) is 0 Å². The normalized spacial score (nSPS) is 11.7.